The summed E-state index contributed by atoms with van der Waals surface area (Å²) in [6.45, 7) is -0.150. The van der Waals surface area contributed by atoms with Crippen LogP contribution in [0.4, 0.5) is 5.69 Å². The molecule has 1 aromatic carbocycles. The highest BCUT2D eigenvalue weighted by atomic mass is 16.3. The van der Waals surface area contributed by atoms with Crippen molar-refractivity contribution in [3.05, 3.63) is 35.7 Å². The van der Waals surface area contributed by atoms with E-state index in [0.29, 0.717) is 11.3 Å². The van der Waals surface area contributed by atoms with Gasteiger partial charge in [0.25, 0.3) is 11.7 Å². The maximum Gasteiger partial charge on any atom is 0.297 e. The Bertz CT molecular complexity index is 482. The number of aromatic nitrogens is 4. The van der Waals surface area contributed by atoms with Crippen LogP contribution in [0, 0.1) is 0 Å². The Hall–Kier alpha value is -2.28. The minimum absolute atomic E-state index is 0.0484. The number of H-pyrrole nitrogens is 1. The van der Waals surface area contributed by atoms with Crippen LogP contribution in [0.1, 0.15) is 16.2 Å². The molecule has 1 aromatic heterocycles. The van der Waals surface area contributed by atoms with Gasteiger partial charge in [0.05, 0.1) is 6.61 Å². The largest absolute Gasteiger partial charge is 0.392 e. The van der Waals surface area contributed by atoms with Crippen molar-refractivity contribution in [2.75, 3.05) is 5.32 Å². The van der Waals surface area contributed by atoms with Crippen LogP contribution in [0.15, 0.2) is 24.3 Å². The zero-order chi connectivity index (χ0) is 11.4. The first-order valence-corrected chi connectivity index (χ1v) is 4.55. The van der Waals surface area contributed by atoms with Gasteiger partial charge in [0, 0.05) is 11.3 Å². The first kappa shape index (κ1) is 10.2. The number of amides is 1. The van der Waals surface area contributed by atoms with E-state index in [0.717, 1.165) is 0 Å². The third-order valence-corrected chi connectivity index (χ3v) is 1.98. The molecular weight excluding hydrogens is 210 g/mol. The second kappa shape index (κ2) is 4.49. The molecule has 0 bridgehead atoms. The van der Waals surface area contributed by atoms with Gasteiger partial charge in [-0.1, -0.05) is 18.2 Å². The van der Waals surface area contributed by atoms with E-state index in [9.17, 15) is 4.79 Å². The van der Waals surface area contributed by atoms with Gasteiger partial charge in [0.1, 0.15) is 0 Å². The van der Waals surface area contributed by atoms with Gasteiger partial charge in [-0.15, -0.1) is 10.2 Å². The summed E-state index contributed by atoms with van der Waals surface area (Å²) in [6, 6.07) is 6.93. The highest BCUT2D eigenvalue weighted by molar-refractivity contribution is 6.01. The molecule has 0 fully saturated rings. The van der Waals surface area contributed by atoms with Crippen molar-refractivity contribution in [1.82, 2.24) is 20.6 Å². The van der Waals surface area contributed by atoms with Gasteiger partial charge >= 0.3 is 0 Å². The maximum atomic E-state index is 11.6. The van der Waals surface area contributed by atoms with Crippen LogP contribution in [0.5, 0.6) is 0 Å². The molecule has 0 unspecified atom stereocenters. The number of aliphatic hydroxyl groups excluding tert-OH is 1. The van der Waals surface area contributed by atoms with Gasteiger partial charge in [-0.3, -0.25) is 4.79 Å². The predicted molar refractivity (Wildman–Crippen MR) is 54.5 cm³/mol. The number of rotatable bonds is 3. The third-order valence-electron chi connectivity index (χ3n) is 1.98. The Morgan fingerprint density at radius 1 is 1.44 bits per heavy atom. The van der Waals surface area contributed by atoms with E-state index in [1.54, 1.807) is 24.3 Å². The molecule has 0 aliphatic heterocycles. The molecule has 0 saturated carbocycles. The molecule has 0 aliphatic rings. The average molecular weight is 219 g/mol. The number of anilines is 1. The zero-order valence-electron chi connectivity index (χ0n) is 8.21. The first-order valence-electron chi connectivity index (χ1n) is 4.55. The summed E-state index contributed by atoms with van der Waals surface area (Å²) < 4.78 is 0. The van der Waals surface area contributed by atoms with Gasteiger partial charge in [-0.25, -0.2) is 0 Å². The van der Waals surface area contributed by atoms with Gasteiger partial charge in [0.2, 0.25) is 0 Å². The zero-order valence-corrected chi connectivity index (χ0v) is 8.21. The molecule has 3 N–H and O–H groups in total. The van der Waals surface area contributed by atoms with Crippen molar-refractivity contribution in [2.45, 2.75) is 6.61 Å². The first-order chi connectivity index (χ1) is 7.81. The molecule has 7 heteroatoms. The monoisotopic (exact) mass is 219 g/mol. The molecule has 0 spiro atoms. The third kappa shape index (κ3) is 2.04. The second-order valence-electron chi connectivity index (χ2n) is 3.00. The average Bonchev–Trinajstić information content (AvgIpc) is 2.83. The van der Waals surface area contributed by atoms with Gasteiger partial charge in [-0.2, -0.15) is 5.21 Å². The molecule has 82 valence electrons. The number of aromatic amines is 1. The van der Waals surface area contributed by atoms with Crippen LogP contribution in [0.3, 0.4) is 0 Å². The van der Waals surface area contributed by atoms with Crippen LogP contribution < -0.4 is 5.32 Å². The summed E-state index contributed by atoms with van der Waals surface area (Å²) >= 11 is 0. The minimum Gasteiger partial charge on any atom is -0.392 e. The fourth-order valence-electron chi connectivity index (χ4n) is 1.22. The molecule has 7 nitrogen and oxygen atoms in total. The normalized spacial score (nSPS) is 10.1. The molecule has 0 aliphatic carbocycles. The van der Waals surface area contributed by atoms with E-state index in [-0.39, 0.29) is 12.4 Å². The van der Waals surface area contributed by atoms with E-state index in [4.69, 9.17) is 5.11 Å². The quantitative estimate of drug-likeness (QED) is 0.671. The summed E-state index contributed by atoms with van der Waals surface area (Å²) in [7, 11) is 0. The van der Waals surface area contributed by atoms with Crippen LogP contribution in [0.2, 0.25) is 0 Å². The van der Waals surface area contributed by atoms with Gasteiger partial charge in [-0.05, 0) is 11.3 Å². The number of carbonyl (C=O) groups excluding carboxylic acids is 1. The Kier molecular flexibility index (Phi) is 2.88. The number of benzene rings is 1. The molecule has 1 heterocycles. The second-order valence-corrected chi connectivity index (χ2v) is 3.00. The lowest BCUT2D eigenvalue weighted by atomic mass is 10.2. The number of para-hydroxylation sites is 1. The van der Waals surface area contributed by atoms with E-state index < -0.39 is 5.91 Å². The number of hydrogen-bond donors (Lipinski definition) is 3. The van der Waals surface area contributed by atoms with Crippen LogP contribution in [-0.2, 0) is 6.61 Å². The Morgan fingerprint density at radius 2 is 2.25 bits per heavy atom. The highest BCUT2D eigenvalue weighted by Crippen LogP contribution is 2.14. The molecular formula is C9H9N5O2. The molecule has 2 aromatic rings. The van der Waals surface area contributed by atoms with Crippen LogP contribution in [-0.4, -0.2) is 31.6 Å². The Labute approximate surface area is 90.5 Å². The van der Waals surface area contributed by atoms with Crippen molar-refractivity contribution in [2.24, 2.45) is 0 Å². The van der Waals surface area contributed by atoms with Crippen molar-refractivity contribution in [1.29, 1.82) is 0 Å². The van der Waals surface area contributed by atoms with Crippen LogP contribution in [0.25, 0.3) is 0 Å². The number of hydrogen-bond acceptors (Lipinski definition) is 5. The van der Waals surface area contributed by atoms with E-state index >= 15 is 0 Å². The van der Waals surface area contributed by atoms with Crippen LogP contribution >= 0.6 is 0 Å². The molecule has 0 atom stereocenters. The maximum absolute atomic E-state index is 11.6. The number of carbonyl (C=O) groups is 1. The van der Waals surface area contributed by atoms with Crippen molar-refractivity contribution in [3.8, 4) is 0 Å². The topological polar surface area (TPSA) is 104 Å². The molecule has 16 heavy (non-hydrogen) atoms. The minimum atomic E-state index is -0.477. The van der Waals surface area contributed by atoms with Crippen molar-refractivity contribution in [3.63, 3.8) is 0 Å². The Morgan fingerprint density at radius 3 is 2.94 bits per heavy atom. The number of nitrogens with zero attached hydrogens (tertiary/aromatic N) is 3. The smallest absolute Gasteiger partial charge is 0.297 e. The summed E-state index contributed by atoms with van der Waals surface area (Å²) in [5, 5.41) is 24.2. The summed E-state index contributed by atoms with van der Waals surface area (Å²) in [5.41, 5.74) is 1.15. The highest BCUT2D eigenvalue weighted by Gasteiger charge is 2.12. The molecule has 1 amide bonds. The van der Waals surface area contributed by atoms with Crippen molar-refractivity contribution < 1.29 is 9.90 Å². The summed E-state index contributed by atoms with van der Waals surface area (Å²) in [4.78, 5) is 11.6. The standard InChI is InChI=1S/C9H9N5O2/c15-5-6-3-1-2-4-7(6)10-9(16)8-11-13-14-12-8/h1-4,15H,5H2,(H,10,16)(H,11,12,13,14). The number of nitrogens with one attached hydrogen (secondary N) is 2. The SMILES string of the molecule is O=C(Nc1ccccc1CO)c1nn[nH]n1. The molecule has 2 rings (SSSR count). The number of tetrazole rings is 1. The fraction of sp³-hybridized carbons (Fsp3) is 0.111. The molecule has 0 saturated heterocycles. The Balaban J connectivity index is 2.18. The predicted octanol–water partition coefficient (Wildman–Crippen LogP) is -0.0557. The summed E-state index contributed by atoms with van der Waals surface area (Å²) in [6.07, 6.45) is 0. The lowest BCUT2D eigenvalue weighted by molar-refractivity contribution is 0.101. The van der Waals surface area contributed by atoms with Gasteiger partial charge < -0.3 is 10.4 Å². The summed E-state index contributed by atoms with van der Waals surface area (Å²) in [5.74, 6) is -0.526. The van der Waals surface area contributed by atoms with E-state index in [1.165, 1.54) is 0 Å². The number of aliphatic hydroxyl groups is 1. The van der Waals surface area contributed by atoms with Gasteiger partial charge in [0.15, 0.2) is 0 Å². The van der Waals surface area contributed by atoms with Crippen molar-refractivity contribution >= 4 is 11.6 Å². The lowest BCUT2D eigenvalue weighted by Crippen LogP contribution is -2.15. The van der Waals surface area contributed by atoms with E-state index in [2.05, 4.69) is 25.9 Å². The fourth-order valence-corrected chi connectivity index (χ4v) is 1.22. The lowest BCUT2D eigenvalue weighted by Gasteiger charge is -2.06. The molecule has 0 radical (unpaired) electrons. The van der Waals surface area contributed by atoms with E-state index in [1.807, 2.05) is 0 Å².